The molecule has 4 aliphatic rings. The predicted molar refractivity (Wildman–Crippen MR) is 81.6 cm³/mol. The normalized spacial score (nSPS) is 42.9. The predicted octanol–water partition coefficient (Wildman–Crippen LogP) is 1.77. The van der Waals surface area contributed by atoms with Gasteiger partial charge in [-0.3, -0.25) is 4.90 Å². The zero-order valence-corrected chi connectivity index (χ0v) is 12.8. The van der Waals surface area contributed by atoms with E-state index in [2.05, 4.69) is 22.4 Å². The molecule has 4 rings (SSSR count). The van der Waals surface area contributed by atoms with E-state index in [9.17, 15) is 5.11 Å². The minimum Gasteiger partial charge on any atom is -0.387 e. The van der Waals surface area contributed by atoms with E-state index in [1.165, 1.54) is 24.1 Å². The monoisotopic (exact) mass is 290 g/mol. The van der Waals surface area contributed by atoms with Gasteiger partial charge < -0.3 is 15.2 Å². The zero-order chi connectivity index (χ0) is 14.4. The van der Waals surface area contributed by atoms with Crippen molar-refractivity contribution in [3.05, 3.63) is 23.4 Å². The van der Waals surface area contributed by atoms with Gasteiger partial charge in [-0.2, -0.15) is 0 Å². The SMILES string of the molecule is COC1CCC2=C(C1)C(O)N1C3CCC=CC3C[C@H]1CN2. The Labute approximate surface area is 126 Å². The van der Waals surface area contributed by atoms with Gasteiger partial charge in [0.05, 0.1) is 6.10 Å². The van der Waals surface area contributed by atoms with Crippen LogP contribution in [-0.2, 0) is 4.74 Å². The molecule has 0 aromatic rings. The van der Waals surface area contributed by atoms with Gasteiger partial charge in [-0.25, -0.2) is 0 Å². The molecule has 5 atom stereocenters. The van der Waals surface area contributed by atoms with E-state index in [-0.39, 0.29) is 6.10 Å². The van der Waals surface area contributed by atoms with E-state index in [4.69, 9.17) is 4.74 Å². The van der Waals surface area contributed by atoms with Gasteiger partial charge in [0, 0.05) is 37.9 Å². The number of aliphatic hydroxyl groups excluding tert-OH is 1. The first-order valence-corrected chi connectivity index (χ1v) is 8.38. The third-order valence-electron chi connectivity index (χ3n) is 5.89. The van der Waals surface area contributed by atoms with Crippen molar-refractivity contribution in [3.63, 3.8) is 0 Å². The van der Waals surface area contributed by atoms with Gasteiger partial charge in [0.1, 0.15) is 6.23 Å². The van der Waals surface area contributed by atoms with E-state index in [0.29, 0.717) is 18.0 Å². The lowest BCUT2D eigenvalue weighted by Crippen LogP contribution is -2.47. The molecule has 0 amide bonds. The number of ether oxygens (including phenoxy) is 1. The third-order valence-corrected chi connectivity index (χ3v) is 5.89. The summed E-state index contributed by atoms with van der Waals surface area (Å²) in [6, 6.07) is 0.982. The molecular formula is C17H26N2O2. The highest BCUT2D eigenvalue weighted by molar-refractivity contribution is 5.25. The van der Waals surface area contributed by atoms with Gasteiger partial charge in [-0.05, 0) is 43.6 Å². The maximum atomic E-state index is 11.1. The molecule has 0 radical (unpaired) electrons. The second kappa shape index (κ2) is 5.41. The number of aliphatic hydroxyl groups is 1. The average Bonchev–Trinajstić information content (AvgIpc) is 2.84. The molecule has 2 aliphatic heterocycles. The molecule has 2 N–H and O–H groups in total. The Morgan fingerprint density at radius 3 is 3.14 bits per heavy atom. The number of hydrogen-bond acceptors (Lipinski definition) is 4. The number of fused-ring (bicyclic) bond motifs is 3. The van der Waals surface area contributed by atoms with Gasteiger partial charge in [-0.15, -0.1) is 0 Å². The maximum absolute atomic E-state index is 11.1. The van der Waals surface area contributed by atoms with Crippen LogP contribution in [0.25, 0.3) is 0 Å². The Hall–Kier alpha value is -0.840. The van der Waals surface area contributed by atoms with Crippen LogP contribution in [0.2, 0.25) is 0 Å². The van der Waals surface area contributed by atoms with Gasteiger partial charge in [0.2, 0.25) is 0 Å². The van der Waals surface area contributed by atoms with Gasteiger partial charge in [0.25, 0.3) is 0 Å². The van der Waals surface area contributed by atoms with Crippen molar-refractivity contribution in [1.82, 2.24) is 10.2 Å². The fourth-order valence-corrected chi connectivity index (χ4v) is 4.78. The van der Waals surface area contributed by atoms with Crippen molar-refractivity contribution in [1.29, 1.82) is 0 Å². The molecule has 116 valence electrons. The van der Waals surface area contributed by atoms with Crippen LogP contribution in [0.3, 0.4) is 0 Å². The second-order valence-electron chi connectivity index (χ2n) is 6.93. The van der Waals surface area contributed by atoms with E-state index in [1.54, 1.807) is 7.11 Å². The summed E-state index contributed by atoms with van der Waals surface area (Å²) in [7, 11) is 1.79. The highest BCUT2D eigenvalue weighted by Gasteiger charge is 2.46. The lowest BCUT2D eigenvalue weighted by molar-refractivity contribution is -0.0144. The molecule has 0 saturated carbocycles. The molecular weight excluding hydrogens is 264 g/mol. The van der Waals surface area contributed by atoms with Crippen molar-refractivity contribution >= 4 is 0 Å². The largest absolute Gasteiger partial charge is 0.387 e. The maximum Gasteiger partial charge on any atom is 0.132 e. The Morgan fingerprint density at radius 2 is 2.29 bits per heavy atom. The summed E-state index contributed by atoms with van der Waals surface area (Å²) in [5.74, 6) is 0.629. The van der Waals surface area contributed by atoms with Crippen LogP contribution in [0.4, 0.5) is 0 Å². The van der Waals surface area contributed by atoms with Gasteiger partial charge >= 0.3 is 0 Å². The van der Waals surface area contributed by atoms with Crippen LogP contribution in [-0.4, -0.2) is 48.1 Å². The summed E-state index contributed by atoms with van der Waals surface area (Å²) in [6.45, 7) is 0.981. The zero-order valence-electron chi connectivity index (χ0n) is 12.8. The van der Waals surface area contributed by atoms with E-state index in [0.717, 1.165) is 32.2 Å². The van der Waals surface area contributed by atoms with E-state index in [1.807, 2.05) is 0 Å². The van der Waals surface area contributed by atoms with Crippen LogP contribution < -0.4 is 5.32 Å². The number of nitrogens with one attached hydrogen (secondary N) is 1. The second-order valence-corrected chi connectivity index (χ2v) is 6.93. The first-order chi connectivity index (χ1) is 10.3. The summed E-state index contributed by atoms with van der Waals surface area (Å²) >= 11 is 0. The third kappa shape index (κ3) is 2.24. The molecule has 0 aromatic heterocycles. The first kappa shape index (κ1) is 13.8. The molecule has 1 saturated heterocycles. The molecule has 4 nitrogen and oxygen atoms in total. The van der Waals surface area contributed by atoms with Gasteiger partial charge in [-0.1, -0.05) is 12.2 Å². The van der Waals surface area contributed by atoms with Crippen molar-refractivity contribution in [2.75, 3.05) is 13.7 Å². The topological polar surface area (TPSA) is 44.7 Å². The molecule has 2 aliphatic carbocycles. The van der Waals surface area contributed by atoms with Crippen LogP contribution >= 0.6 is 0 Å². The van der Waals surface area contributed by atoms with E-state index >= 15 is 0 Å². The van der Waals surface area contributed by atoms with Gasteiger partial charge in [0.15, 0.2) is 0 Å². The lowest BCUT2D eigenvalue weighted by Gasteiger charge is -2.37. The number of hydrogen-bond donors (Lipinski definition) is 2. The number of rotatable bonds is 1. The minimum atomic E-state index is -0.417. The Bertz CT molecular complexity index is 473. The summed E-state index contributed by atoms with van der Waals surface area (Å²) in [5, 5.41) is 14.7. The number of allylic oxidation sites excluding steroid dienone is 2. The van der Waals surface area contributed by atoms with Crippen LogP contribution in [0.1, 0.15) is 38.5 Å². The Morgan fingerprint density at radius 1 is 1.38 bits per heavy atom. The lowest BCUT2D eigenvalue weighted by atomic mass is 9.88. The fraction of sp³-hybridized carbons (Fsp3) is 0.765. The number of nitrogens with zero attached hydrogens (tertiary/aromatic N) is 1. The Kier molecular flexibility index (Phi) is 3.56. The molecule has 0 bridgehead atoms. The fourth-order valence-electron chi connectivity index (χ4n) is 4.78. The summed E-state index contributed by atoms with van der Waals surface area (Å²) in [5.41, 5.74) is 2.47. The Balaban J connectivity index is 1.63. The molecule has 4 unspecified atom stereocenters. The van der Waals surface area contributed by atoms with E-state index < -0.39 is 6.23 Å². The smallest absolute Gasteiger partial charge is 0.132 e. The average molecular weight is 290 g/mol. The van der Waals surface area contributed by atoms with Crippen molar-refractivity contribution in [2.24, 2.45) is 5.92 Å². The standard InChI is InChI=1S/C17H26N2O2/c1-21-13-6-7-15-14(9-13)17(20)19-12(10-18-15)8-11-4-2-3-5-16(11)19/h2,4,11-13,16-18,20H,3,5-10H2,1H3/t11?,12-,13?,16?,17?/m0/s1. The van der Waals surface area contributed by atoms with Crippen LogP contribution in [0.15, 0.2) is 23.4 Å². The van der Waals surface area contributed by atoms with Crippen LogP contribution in [0.5, 0.6) is 0 Å². The highest BCUT2D eigenvalue weighted by Crippen LogP contribution is 2.41. The highest BCUT2D eigenvalue weighted by atomic mass is 16.5. The molecule has 0 aromatic carbocycles. The van der Waals surface area contributed by atoms with Crippen molar-refractivity contribution in [3.8, 4) is 0 Å². The minimum absolute atomic E-state index is 0.265. The summed E-state index contributed by atoms with van der Waals surface area (Å²) in [6.07, 6.45) is 11.0. The quantitative estimate of drug-likeness (QED) is 0.723. The molecule has 4 heteroatoms. The molecule has 1 fully saturated rings. The first-order valence-electron chi connectivity index (χ1n) is 8.38. The van der Waals surface area contributed by atoms with Crippen molar-refractivity contribution < 1.29 is 9.84 Å². The molecule has 0 spiro atoms. The summed E-state index contributed by atoms with van der Waals surface area (Å²) < 4.78 is 5.54. The van der Waals surface area contributed by atoms with Crippen molar-refractivity contribution in [2.45, 2.75) is 62.9 Å². The summed E-state index contributed by atoms with van der Waals surface area (Å²) in [4.78, 5) is 2.40. The van der Waals surface area contributed by atoms with Crippen LogP contribution in [0, 0.1) is 5.92 Å². The molecule has 21 heavy (non-hydrogen) atoms. The molecule has 2 heterocycles. The number of methoxy groups -OCH3 is 1.